The summed E-state index contributed by atoms with van der Waals surface area (Å²) < 4.78 is 0. The maximum atomic E-state index is 12.1. The lowest BCUT2D eigenvalue weighted by molar-refractivity contribution is -0.122. The van der Waals surface area contributed by atoms with Gasteiger partial charge < -0.3 is 16.0 Å². The van der Waals surface area contributed by atoms with Gasteiger partial charge in [-0.3, -0.25) is 4.79 Å². The molecule has 5 nitrogen and oxygen atoms in total. The van der Waals surface area contributed by atoms with Crippen molar-refractivity contribution < 1.29 is 4.79 Å². The van der Waals surface area contributed by atoms with Crippen LogP contribution in [0.3, 0.4) is 0 Å². The minimum absolute atomic E-state index is 0.0825. The minimum atomic E-state index is -0.500. The molecule has 0 spiro atoms. The van der Waals surface area contributed by atoms with E-state index in [1.165, 1.54) is 0 Å². The third-order valence-corrected chi connectivity index (χ3v) is 3.67. The standard InChI is InChI=1S/C15H18N4O/c16-12(6-10-4-2-1-3-5-10)15(20)19-13-7-11(13)14-8-17-9-18-14/h1-5,8-9,11-13H,6-7,16H2,(H,17,18)(H,19,20)/t11-,12+,13-/m1/s1. The Hall–Kier alpha value is -2.14. The average molecular weight is 270 g/mol. The SMILES string of the molecule is N[C@@H](Cc1ccccc1)C(=O)N[C@@H]1C[C@H]1c1cnc[nH]1. The highest BCUT2D eigenvalue weighted by Gasteiger charge is 2.41. The summed E-state index contributed by atoms with van der Waals surface area (Å²) in [6.07, 6.45) is 4.98. The van der Waals surface area contributed by atoms with Crippen LogP contribution in [0.4, 0.5) is 0 Å². The summed E-state index contributed by atoms with van der Waals surface area (Å²) in [7, 11) is 0. The van der Waals surface area contributed by atoms with Crippen LogP contribution in [0.15, 0.2) is 42.9 Å². The van der Waals surface area contributed by atoms with Gasteiger partial charge in [-0.1, -0.05) is 30.3 Å². The second-order valence-electron chi connectivity index (χ2n) is 5.26. The van der Waals surface area contributed by atoms with Crippen molar-refractivity contribution in [2.24, 2.45) is 5.73 Å². The lowest BCUT2D eigenvalue weighted by atomic mass is 10.1. The molecule has 1 aliphatic carbocycles. The molecule has 1 aliphatic rings. The number of aromatic nitrogens is 2. The first-order chi connectivity index (χ1) is 9.74. The minimum Gasteiger partial charge on any atom is -0.351 e. The Morgan fingerprint density at radius 1 is 1.45 bits per heavy atom. The Morgan fingerprint density at radius 2 is 2.25 bits per heavy atom. The number of amides is 1. The van der Waals surface area contributed by atoms with Crippen LogP contribution in [0, 0.1) is 0 Å². The number of benzene rings is 1. The van der Waals surface area contributed by atoms with Crippen LogP contribution in [-0.4, -0.2) is 28.0 Å². The molecule has 0 aliphatic heterocycles. The molecule has 0 bridgehead atoms. The highest BCUT2D eigenvalue weighted by atomic mass is 16.2. The molecule has 20 heavy (non-hydrogen) atoms. The molecule has 1 heterocycles. The largest absolute Gasteiger partial charge is 0.351 e. The van der Waals surface area contributed by atoms with Gasteiger partial charge in [0.2, 0.25) is 5.91 Å². The summed E-state index contributed by atoms with van der Waals surface area (Å²) in [5, 5.41) is 3.00. The van der Waals surface area contributed by atoms with E-state index in [4.69, 9.17) is 5.73 Å². The van der Waals surface area contributed by atoms with Crippen molar-refractivity contribution >= 4 is 5.91 Å². The van der Waals surface area contributed by atoms with Gasteiger partial charge in [0.25, 0.3) is 0 Å². The van der Waals surface area contributed by atoms with Crippen molar-refractivity contribution in [3.05, 3.63) is 54.1 Å². The van der Waals surface area contributed by atoms with Gasteiger partial charge in [0.1, 0.15) is 0 Å². The van der Waals surface area contributed by atoms with Crippen LogP contribution >= 0.6 is 0 Å². The van der Waals surface area contributed by atoms with Crippen LogP contribution in [-0.2, 0) is 11.2 Å². The molecule has 1 aromatic heterocycles. The number of hydrogen-bond donors (Lipinski definition) is 3. The number of aromatic amines is 1. The molecule has 0 saturated heterocycles. The summed E-state index contributed by atoms with van der Waals surface area (Å²) in [6, 6.07) is 9.51. The normalized spacial score (nSPS) is 22.2. The van der Waals surface area contributed by atoms with Gasteiger partial charge in [0, 0.05) is 23.9 Å². The molecule has 4 N–H and O–H groups in total. The van der Waals surface area contributed by atoms with E-state index < -0.39 is 6.04 Å². The van der Waals surface area contributed by atoms with Gasteiger partial charge in [-0.25, -0.2) is 4.98 Å². The number of rotatable bonds is 5. The van der Waals surface area contributed by atoms with E-state index in [-0.39, 0.29) is 11.9 Å². The fraction of sp³-hybridized carbons (Fsp3) is 0.333. The van der Waals surface area contributed by atoms with Crippen molar-refractivity contribution in [3.8, 4) is 0 Å². The number of carbonyl (C=O) groups excluding carboxylic acids is 1. The van der Waals surface area contributed by atoms with E-state index in [1.54, 1.807) is 12.5 Å². The zero-order valence-electron chi connectivity index (χ0n) is 11.1. The first-order valence-corrected chi connectivity index (χ1v) is 6.82. The third-order valence-electron chi connectivity index (χ3n) is 3.67. The molecule has 1 fully saturated rings. The topological polar surface area (TPSA) is 83.8 Å². The lowest BCUT2D eigenvalue weighted by Crippen LogP contribution is -2.43. The molecule has 1 amide bonds. The van der Waals surface area contributed by atoms with Crippen molar-refractivity contribution in [1.29, 1.82) is 0 Å². The highest BCUT2D eigenvalue weighted by molar-refractivity contribution is 5.82. The van der Waals surface area contributed by atoms with Gasteiger partial charge in [-0.2, -0.15) is 0 Å². The fourth-order valence-electron chi connectivity index (χ4n) is 2.42. The predicted molar refractivity (Wildman–Crippen MR) is 76.0 cm³/mol. The molecule has 3 atom stereocenters. The van der Waals surface area contributed by atoms with Crippen molar-refractivity contribution in [1.82, 2.24) is 15.3 Å². The Kier molecular flexibility index (Phi) is 3.52. The molecular weight excluding hydrogens is 252 g/mol. The van der Waals surface area contributed by atoms with Gasteiger partial charge >= 0.3 is 0 Å². The molecule has 0 unspecified atom stereocenters. The molecule has 2 aromatic rings. The fourth-order valence-corrected chi connectivity index (χ4v) is 2.42. The number of imidazole rings is 1. The maximum absolute atomic E-state index is 12.1. The average Bonchev–Trinajstić information content (AvgIpc) is 3.01. The van der Waals surface area contributed by atoms with Gasteiger partial charge in [-0.05, 0) is 18.4 Å². The number of nitrogens with zero attached hydrogens (tertiary/aromatic N) is 1. The molecule has 104 valence electrons. The highest BCUT2D eigenvalue weighted by Crippen LogP contribution is 2.39. The Bertz CT molecular complexity index is 567. The monoisotopic (exact) mass is 270 g/mol. The number of carbonyl (C=O) groups is 1. The third kappa shape index (κ3) is 2.88. The molecule has 5 heteroatoms. The van der Waals surface area contributed by atoms with E-state index >= 15 is 0 Å². The summed E-state index contributed by atoms with van der Waals surface area (Å²) in [6.45, 7) is 0. The summed E-state index contributed by atoms with van der Waals surface area (Å²) in [5.41, 5.74) is 8.11. The maximum Gasteiger partial charge on any atom is 0.237 e. The molecule has 3 rings (SSSR count). The Labute approximate surface area is 117 Å². The van der Waals surface area contributed by atoms with Crippen LogP contribution in [0.1, 0.15) is 23.6 Å². The summed E-state index contributed by atoms with van der Waals surface area (Å²) in [4.78, 5) is 19.1. The van der Waals surface area contributed by atoms with E-state index in [0.717, 1.165) is 17.7 Å². The second kappa shape index (κ2) is 5.46. The van der Waals surface area contributed by atoms with Gasteiger partial charge in [-0.15, -0.1) is 0 Å². The van der Waals surface area contributed by atoms with Crippen LogP contribution < -0.4 is 11.1 Å². The first-order valence-electron chi connectivity index (χ1n) is 6.82. The number of nitrogens with one attached hydrogen (secondary N) is 2. The van der Waals surface area contributed by atoms with Crippen LogP contribution in [0.5, 0.6) is 0 Å². The number of nitrogens with two attached hydrogens (primary N) is 1. The Balaban J connectivity index is 1.50. The van der Waals surface area contributed by atoms with Crippen molar-refractivity contribution in [2.75, 3.05) is 0 Å². The first kappa shape index (κ1) is 12.9. The van der Waals surface area contributed by atoms with Crippen molar-refractivity contribution in [2.45, 2.75) is 30.8 Å². The van der Waals surface area contributed by atoms with Crippen LogP contribution in [0.25, 0.3) is 0 Å². The molecular formula is C15H18N4O. The number of H-pyrrole nitrogens is 1. The van der Waals surface area contributed by atoms with E-state index in [9.17, 15) is 4.79 Å². The summed E-state index contributed by atoms with van der Waals surface area (Å²) in [5.74, 6) is 0.270. The van der Waals surface area contributed by atoms with Crippen LogP contribution in [0.2, 0.25) is 0 Å². The molecule has 1 aromatic carbocycles. The van der Waals surface area contributed by atoms with E-state index in [1.807, 2.05) is 30.3 Å². The Morgan fingerprint density at radius 3 is 2.95 bits per heavy atom. The number of hydrogen-bond acceptors (Lipinski definition) is 3. The molecule has 1 saturated carbocycles. The predicted octanol–water partition coefficient (Wildman–Crippen LogP) is 0.952. The van der Waals surface area contributed by atoms with E-state index in [2.05, 4.69) is 15.3 Å². The quantitative estimate of drug-likeness (QED) is 0.756. The smallest absolute Gasteiger partial charge is 0.237 e. The van der Waals surface area contributed by atoms with Gasteiger partial charge in [0.15, 0.2) is 0 Å². The second-order valence-corrected chi connectivity index (χ2v) is 5.26. The molecule has 0 radical (unpaired) electrons. The summed E-state index contributed by atoms with van der Waals surface area (Å²) >= 11 is 0. The lowest BCUT2D eigenvalue weighted by Gasteiger charge is -2.12. The van der Waals surface area contributed by atoms with E-state index in [0.29, 0.717) is 12.3 Å². The zero-order valence-corrected chi connectivity index (χ0v) is 11.1. The van der Waals surface area contributed by atoms with Gasteiger partial charge in [0.05, 0.1) is 12.4 Å². The zero-order chi connectivity index (χ0) is 13.9. The van der Waals surface area contributed by atoms with Crippen molar-refractivity contribution in [3.63, 3.8) is 0 Å².